The van der Waals surface area contributed by atoms with Crippen molar-refractivity contribution in [3.8, 4) is 0 Å². The minimum atomic E-state index is -2.46. The van der Waals surface area contributed by atoms with Crippen LogP contribution in [0.3, 0.4) is 0 Å². The van der Waals surface area contributed by atoms with E-state index in [0.717, 1.165) is 0 Å². The Kier molecular flexibility index (Phi) is 4.67. The Morgan fingerprint density at radius 1 is 1.20 bits per heavy atom. The van der Waals surface area contributed by atoms with Crippen molar-refractivity contribution in [1.82, 2.24) is 0 Å². The van der Waals surface area contributed by atoms with E-state index in [1.807, 2.05) is 6.07 Å². The van der Waals surface area contributed by atoms with Crippen molar-refractivity contribution in [1.29, 1.82) is 0 Å². The van der Waals surface area contributed by atoms with E-state index in [-0.39, 0.29) is 17.1 Å². The SMILES string of the molecule is O=[PH](O)c1ccccc1.[Cu]. The Morgan fingerprint density at radius 2 is 1.70 bits per heavy atom. The van der Waals surface area contributed by atoms with E-state index in [1.54, 1.807) is 24.3 Å². The van der Waals surface area contributed by atoms with Crippen molar-refractivity contribution in [2.75, 3.05) is 0 Å². The van der Waals surface area contributed by atoms with Crippen LogP contribution in [0.2, 0.25) is 0 Å². The van der Waals surface area contributed by atoms with Gasteiger partial charge in [0.15, 0.2) is 0 Å². The van der Waals surface area contributed by atoms with Crippen LogP contribution >= 0.6 is 8.03 Å². The first-order chi connectivity index (χ1) is 4.30. The molecule has 4 heteroatoms. The van der Waals surface area contributed by atoms with Crippen LogP contribution in [0.15, 0.2) is 30.3 Å². The number of benzene rings is 1. The maximum absolute atomic E-state index is 10.4. The zero-order valence-corrected chi connectivity index (χ0v) is 6.99. The van der Waals surface area contributed by atoms with Crippen LogP contribution in [0.5, 0.6) is 0 Å². The molecule has 0 aromatic heterocycles. The van der Waals surface area contributed by atoms with Crippen LogP contribution in [-0.2, 0) is 21.6 Å². The molecule has 1 aromatic carbocycles. The molecule has 1 N–H and O–H groups in total. The summed E-state index contributed by atoms with van der Waals surface area (Å²) >= 11 is 0. The van der Waals surface area contributed by atoms with Crippen molar-refractivity contribution in [3.05, 3.63) is 30.3 Å². The van der Waals surface area contributed by atoms with Gasteiger partial charge in [0, 0.05) is 22.4 Å². The molecule has 0 aliphatic rings. The normalized spacial score (nSPS) is 11.7. The third-order valence-electron chi connectivity index (χ3n) is 1.02. The molecular formula is C6H7CuO2P. The minimum Gasteiger partial charge on any atom is -0.343 e. The van der Waals surface area contributed by atoms with E-state index in [9.17, 15) is 4.57 Å². The molecule has 0 spiro atoms. The largest absolute Gasteiger partial charge is 0.343 e. The first-order valence-corrected chi connectivity index (χ1v) is 3.94. The van der Waals surface area contributed by atoms with Gasteiger partial charge in [-0.3, -0.25) is 4.57 Å². The number of rotatable bonds is 1. The van der Waals surface area contributed by atoms with Gasteiger partial charge >= 0.3 is 0 Å². The van der Waals surface area contributed by atoms with Crippen molar-refractivity contribution in [3.63, 3.8) is 0 Å². The molecule has 10 heavy (non-hydrogen) atoms. The zero-order chi connectivity index (χ0) is 6.69. The number of hydrogen-bond acceptors (Lipinski definition) is 1. The smallest absolute Gasteiger partial charge is 0.218 e. The fourth-order valence-electron chi connectivity index (χ4n) is 0.581. The van der Waals surface area contributed by atoms with Gasteiger partial charge in [-0.05, 0) is 12.1 Å². The summed E-state index contributed by atoms with van der Waals surface area (Å²) < 4.78 is 10.4. The summed E-state index contributed by atoms with van der Waals surface area (Å²) in [6.45, 7) is 0. The molecule has 0 aliphatic carbocycles. The van der Waals surface area contributed by atoms with Crippen LogP contribution in [0.4, 0.5) is 0 Å². The van der Waals surface area contributed by atoms with E-state index in [4.69, 9.17) is 4.89 Å². The molecule has 1 atom stereocenters. The van der Waals surface area contributed by atoms with E-state index < -0.39 is 8.03 Å². The predicted octanol–water partition coefficient (Wildman–Crippen LogP) is 0.776. The molecule has 0 saturated heterocycles. The standard InChI is InChI=1S/C6H7O2P.Cu/c7-9(8)6-4-2-1-3-5-6;/h1-5,9H,(H,7,8);. The Hall–Kier alpha value is -0.0705. The van der Waals surface area contributed by atoms with Crippen molar-refractivity contribution in [2.45, 2.75) is 0 Å². The molecule has 0 aliphatic heterocycles. The van der Waals surface area contributed by atoms with Crippen molar-refractivity contribution >= 4 is 13.3 Å². The van der Waals surface area contributed by atoms with Gasteiger partial charge in [0.1, 0.15) is 0 Å². The monoisotopic (exact) mass is 205 g/mol. The topological polar surface area (TPSA) is 37.3 Å². The van der Waals surface area contributed by atoms with Gasteiger partial charge in [-0.25, -0.2) is 0 Å². The summed E-state index contributed by atoms with van der Waals surface area (Å²) in [4.78, 5) is 8.57. The van der Waals surface area contributed by atoms with Crippen LogP contribution in [0.1, 0.15) is 0 Å². The van der Waals surface area contributed by atoms with Gasteiger partial charge in [0.25, 0.3) is 0 Å². The second kappa shape index (κ2) is 4.70. The van der Waals surface area contributed by atoms with Gasteiger partial charge in [0.05, 0.1) is 0 Å². The third kappa shape index (κ3) is 2.68. The fourth-order valence-corrected chi connectivity index (χ4v) is 1.06. The fraction of sp³-hybridized carbons (Fsp3) is 0. The Bertz CT molecular complexity index is 212. The van der Waals surface area contributed by atoms with Gasteiger partial charge in [-0.1, -0.05) is 18.2 Å². The van der Waals surface area contributed by atoms with Gasteiger partial charge in [0.2, 0.25) is 8.03 Å². The maximum atomic E-state index is 10.4. The molecule has 1 rings (SSSR count). The molecule has 1 unspecified atom stereocenters. The van der Waals surface area contributed by atoms with Crippen molar-refractivity contribution in [2.24, 2.45) is 0 Å². The van der Waals surface area contributed by atoms with Crippen LogP contribution in [-0.4, -0.2) is 4.89 Å². The van der Waals surface area contributed by atoms with Gasteiger partial charge < -0.3 is 4.89 Å². The first-order valence-electron chi connectivity index (χ1n) is 2.59. The molecule has 2 nitrogen and oxygen atoms in total. The first kappa shape index (κ1) is 9.93. The second-order valence-electron chi connectivity index (χ2n) is 1.67. The molecule has 1 aromatic rings. The predicted molar refractivity (Wildman–Crippen MR) is 37.3 cm³/mol. The summed E-state index contributed by atoms with van der Waals surface area (Å²) in [6, 6.07) is 8.58. The molecule has 0 bridgehead atoms. The second-order valence-corrected chi connectivity index (χ2v) is 2.86. The molecular weight excluding hydrogens is 199 g/mol. The van der Waals surface area contributed by atoms with E-state index in [1.165, 1.54) is 0 Å². The van der Waals surface area contributed by atoms with Crippen molar-refractivity contribution < 1.29 is 26.5 Å². The molecule has 0 fully saturated rings. The quantitative estimate of drug-likeness (QED) is 0.544. The van der Waals surface area contributed by atoms with Crippen LogP contribution in [0.25, 0.3) is 0 Å². The average molecular weight is 206 g/mol. The minimum absolute atomic E-state index is 0. The maximum Gasteiger partial charge on any atom is 0.218 e. The summed E-state index contributed by atoms with van der Waals surface area (Å²) in [7, 11) is -2.46. The van der Waals surface area contributed by atoms with E-state index in [2.05, 4.69) is 0 Å². The summed E-state index contributed by atoms with van der Waals surface area (Å²) in [5.74, 6) is 0. The average Bonchev–Trinajstić information content (AvgIpc) is 1.90. The Labute approximate surface area is 70.6 Å². The molecule has 1 radical (unpaired) electrons. The Balaban J connectivity index is 0.000000810. The van der Waals surface area contributed by atoms with Crippen LogP contribution < -0.4 is 5.30 Å². The van der Waals surface area contributed by atoms with E-state index in [0.29, 0.717) is 5.30 Å². The third-order valence-corrected chi connectivity index (χ3v) is 1.85. The molecule has 59 valence electrons. The summed E-state index contributed by atoms with van der Waals surface area (Å²) in [5, 5.41) is 0.516. The number of hydrogen-bond donors (Lipinski definition) is 1. The zero-order valence-electron chi connectivity index (χ0n) is 5.04. The molecule has 0 saturated carbocycles. The summed E-state index contributed by atoms with van der Waals surface area (Å²) in [5.41, 5.74) is 0. The Morgan fingerprint density at radius 3 is 2.00 bits per heavy atom. The van der Waals surface area contributed by atoms with E-state index >= 15 is 0 Å². The summed E-state index contributed by atoms with van der Waals surface area (Å²) in [6.07, 6.45) is 0. The van der Waals surface area contributed by atoms with Crippen LogP contribution in [0, 0.1) is 0 Å². The van der Waals surface area contributed by atoms with Gasteiger partial charge in [-0.15, -0.1) is 0 Å². The van der Waals surface area contributed by atoms with Gasteiger partial charge in [-0.2, -0.15) is 0 Å². The molecule has 0 amide bonds. The molecule has 0 heterocycles.